The van der Waals surface area contributed by atoms with E-state index in [4.69, 9.17) is 5.73 Å². The summed E-state index contributed by atoms with van der Waals surface area (Å²) in [5.41, 5.74) is 5.11. The highest BCUT2D eigenvalue weighted by Crippen LogP contribution is 2.20. The Morgan fingerprint density at radius 2 is 1.94 bits per heavy atom. The second-order valence-corrected chi connectivity index (χ2v) is 7.36. The number of rotatable bonds is 2. The molecule has 16 heavy (non-hydrogen) atoms. The van der Waals surface area contributed by atoms with Gasteiger partial charge in [-0.25, -0.2) is 8.42 Å². The van der Waals surface area contributed by atoms with Crippen LogP contribution in [-0.2, 0) is 24.7 Å². The lowest BCUT2D eigenvalue weighted by molar-refractivity contribution is -0.108. The fourth-order valence-corrected chi connectivity index (χ4v) is 3.28. The van der Waals surface area contributed by atoms with Crippen molar-refractivity contribution < 1.29 is 21.6 Å². The Balaban J connectivity index is 3.29. The van der Waals surface area contributed by atoms with Gasteiger partial charge in [-0.05, 0) is 13.8 Å². The SMILES string of the molecule is CC(C)S(=O)(=O)C(=O)C1=CC(N)=NS1(=O)=O. The Morgan fingerprint density at radius 1 is 1.44 bits per heavy atom. The topological polar surface area (TPSA) is 124 Å². The molecule has 0 aliphatic carbocycles. The Morgan fingerprint density at radius 3 is 2.25 bits per heavy atom. The predicted octanol–water partition coefficient (Wildman–Crippen LogP) is -1.08. The van der Waals surface area contributed by atoms with Gasteiger partial charge in [-0.15, -0.1) is 4.40 Å². The third-order valence-corrected chi connectivity index (χ3v) is 5.28. The molecule has 0 saturated heterocycles. The van der Waals surface area contributed by atoms with Gasteiger partial charge in [0.15, 0.2) is 4.91 Å². The Bertz CT molecular complexity index is 595. The first-order valence-electron chi connectivity index (χ1n) is 4.19. The number of nitrogens with zero attached hydrogens (tertiary/aromatic N) is 1. The molecule has 9 heteroatoms. The molecule has 2 N–H and O–H groups in total. The van der Waals surface area contributed by atoms with Gasteiger partial charge in [-0.2, -0.15) is 8.42 Å². The van der Waals surface area contributed by atoms with Gasteiger partial charge < -0.3 is 5.73 Å². The van der Waals surface area contributed by atoms with Crippen LogP contribution in [0.15, 0.2) is 15.4 Å². The highest BCUT2D eigenvalue weighted by Gasteiger charge is 2.38. The summed E-state index contributed by atoms with van der Waals surface area (Å²) in [4.78, 5) is 10.6. The van der Waals surface area contributed by atoms with Gasteiger partial charge in [-0.1, -0.05) is 0 Å². The molecule has 7 nitrogen and oxygen atoms in total. The monoisotopic (exact) mass is 266 g/mol. The molecule has 1 heterocycles. The van der Waals surface area contributed by atoms with Crippen molar-refractivity contribution in [3.8, 4) is 0 Å². The van der Waals surface area contributed by atoms with Crippen molar-refractivity contribution in [2.75, 3.05) is 0 Å². The van der Waals surface area contributed by atoms with E-state index in [0.29, 0.717) is 0 Å². The number of hydrogen-bond acceptors (Lipinski definition) is 6. The Kier molecular flexibility index (Phi) is 2.94. The van der Waals surface area contributed by atoms with E-state index >= 15 is 0 Å². The summed E-state index contributed by atoms with van der Waals surface area (Å²) in [5.74, 6) is -0.401. The maximum Gasteiger partial charge on any atom is 0.290 e. The smallest absolute Gasteiger partial charge is 0.290 e. The lowest BCUT2D eigenvalue weighted by Gasteiger charge is -2.05. The van der Waals surface area contributed by atoms with Crippen LogP contribution in [0.5, 0.6) is 0 Å². The highest BCUT2D eigenvalue weighted by molar-refractivity contribution is 8.10. The first-order valence-corrected chi connectivity index (χ1v) is 7.18. The Labute approximate surface area is 93.0 Å². The lowest BCUT2D eigenvalue weighted by atomic mass is 10.5. The summed E-state index contributed by atoms with van der Waals surface area (Å²) in [6, 6.07) is 0. The van der Waals surface area contributed by atoms with Gasteiger partial charge in [0.2, 0.25) is 9.84 Å². The fourth-order valence-electron chi connectivity index (χ4n) is 0.942. The van der Waals surface area contributed by atoms with Crippen LogP contribution in [0.2, 0.25) is 0 Å². The van der Waals surface area contributed by atoms with Gasteiger partial charge in [0.05, 0.1) is 5.25 Å². The summed E-state index contributed by atoms with van der Waals surface area (Å²) in [6.45, 7) is 2.55. The Hall–Kier alpha value is -1.22. The molecule has 0 atom stereocenters. The first kappa shape index (κ1) is 12.8. The molecule has 0 radical (unpaired) electrons. The standard InChI is InChI=1S/C7H10N2O5S2/c1-4(2)15(11,12)7(10)5-3-6(8)9-16(5,13)14/h3-4H,1-2H3,(H2,8,9). The second kappa shape index (κ2) is 3.67. The summed E-state index contributed by atoms with van der Waals surface area (Å²) < 4.78 is 48.4. The van der Waals surface area contributed by atoms with Crippen LogP contribution >= 0.6 is 0 Å². The van der Waals surface area contributed by atoms with Crippen molar-refractivity contribution in [1.29, 1.82) is 0 Å². The largest absolute Gasteiger partial charge is 0.383 e. The molecular weight excluding hydrogens is 256 g/mol. The highest BCUT2D eigenvalue weighted by atomic mass is 32.2. The van der Waals surface area contributed by atoms with Crippen molar-refractivity contribution in [2.45, 2.75) is 19.1 Å². The van der Waals surface area contributed by atoms with E-state index in [-0.39, 0.29) is 0 Å². The zero-order valence-corrected chi connectivity index (χ0v) is 10.2. The molecule has 0 bridgehead atoms. The normalized spacial score (nSPS) is 19.4. The average Bonchev–Trinajstić information content (AvgIpc) is 2.37. The molecule has 1 aliphatic heterocycles. The van der Waals surface area contributed by atoms with Gasteiger partial charge in [0, 0.05) is 6.08 Å². The van der Waals surface area contributed by atoms with Crippen LogP contribution in [0.1, 0.15) is 13.8 Å². The van der Waals surface area contributed by atoms with E-state index in [1.54, 1.807) is 0 Å². The van der Waals surface area contributed by atoms with Crippen molar-refractivity contribution >= 4 is 30.8 Å². The van der Waals surface area contributed by atoms with Crippen LogP contribution < -0.4 is 5.73 Å². The molecule has 0 aromatic carbocycles. The molecular formula is C7H10N2O5S2. The zero-order valence-electron chi connectivity index (χ0n) is 8.54. The molecule has 0 unspecified atom stereocenters. The quantitative estimate of drug-likeness (QED) is 0.678. The third-order valence-electron chi connectivity index (χ3n) is 1.86. The molecule has 1 aliphatic rings. The van der Waals surface area contributed by atoms with Gasteiger partial charge in [-0.3, -0.25) is 4.79 Å². The number of nitrogens with two attached hydrogens (primary N) is 1. The van der Waals surface area contributed by atoms with E-state index in [9.17, 15) is 21.6 Å². The van der Waals surface area contributed by atoms with Gasteiger partial charge in [0.1, 0.15) is 5.84 Å². The van der Waals surface area contributed by atoms with Crippen LogP contribution in [-0.4, -0.2) is 33.0 Å². The number of sulfone groups is 1. The minimum absolute atomic E-state index is 0.401. The maximum atomic E-state index is 11.5. The minimum atomic E-state index is -4.26. The summed E-state index contributed by atoms with van der Waals surface area (Å²) in [7, 11) is -8.43. The van der Waals surface area contributed by atoms with E-state index in [1.165, 1.54) is 13.8 Å². The molecule has 90 valence electrons. The predicted molar refractivity (Wildman–Crippen MR) is 57.7 cm³/mol. The van der Waals surface area contributed by atoms with Crippen LogP contribution in [0.25, 0.3) is 0 Å². The molecule has 0 saturated carbocycles. The number of carbonyl (C=O) groups excluding carboxylic acids is 1. The van der Waals surface area contributed by atoms with E-state index in [1.807, 2.05) is 0 Å². The second-order valence-electron chi connectivity index (χ2n) is 3.38. The molecule has 0 aromatic heterocycles. The van der Waals surface area contributed by atoms with Crippen molar-refractivity contribution in [3.05, 3.63) is 11.0 Å². The van der Waals surface area contributed by atoms with Gasteiger partial charge >= 0.3 is 0 Å². The van der Waals surface area contributed by atoms with E-state index in [2.05, 4.69) is 4.40 Å². The number of amidine groups is 1. The summed E-state index contributed by atoms with van der Waals surface area (Å²) in [6.07, 6.45) is 0.748. The first-order chi connectivity index (χ1) is 7.09. The number of sulfonamides is 1. The molecule has 1 rings (SSSR count). The van der Waals surface area contributed by atoms with Crippen LogP contribution in [0, 0.1) is 0 Å². The minimum Gasteiger partial charge on any atom is -0.383 e. The van der Waals surface area contributed by atoms with Crippen LogP contribution in [0.3, 0.4) is 0 Å². The van der Waals surface area contributed by atoms with E-state index in [0.717, 1.165) is 6.08 Å². The molecule has 0 spiro atoms. The average molecular weight is 266 g/mol. The molecule has 0 amide bonds. The summed E-state index contributed by atoms with van der Waals surface area (Å²) >= 11 is 0. The number of carbonyl (C=O) groups is 1. The molecule has 0 fully saturated rings. The maximum absolute atomic E-state index is 11.5. The molecule has 0 aromatic rings. The van der Waals surface area contributed by atoms with E-state index < -0.39 is 41.0 Å². The summed E-state index contributed by atoms with van der Waals surface area (Å²) in [5, 5.41) is -2.47. The fraction of sp³-hybridized carbons (Fsp3) is 0.429. The lowest BCUT2D eigenvalue weighted by Crippen LogP contribution is -2.27. The van der Waals surface area contributed by atoms with Crippen LogP contribution in [0.4, 0.5) is 0 Å². The number of hydrogen-bond donors (Lipinski definition) is 1. The van der Waals surface area contributed by atoms with Crippen molar-refractivity contribution in [2.24, 2.45) is 10.1 Å². The van der Waals surface area contributed by atoms with Crippen molar-refractivity contribution in [3.63, 3.8) is 0 Å². The zero-order chi connectivity index (χ0) is 12.7. The van der Waals surface area contributed by atoms with Crippen molar-refractivity contribution in [1.82, 2.24) is 0 Å². The van der Waals surface area contributed by atoms with Gasteiger partial charge in [0.25, 0.3) is 15.1 Å². The third kappa shape index (κ3) is 2.00.